The molecule has 2 aliphatic heterocycles. The third kappa shape index (κ3) is 26.4. The fourth-order valence-corrected chi connectivity index (χ4v) is 1.43. The predicted molar refractivity (Wildman–Crippen MR) is 104 cm³/mol. The molecule has 2 aliphatic rings. The van der Waals surface area contributed by atoms with Crippen LogP contribution in [-0.4, -0.2) is 69.9 Å². The maximum Gasteiger partial charge on any atom is 0.0594 e. The van der Waals surface area contributed by atoms with Crippen molar-refractivity contribution in [3.63, 3.8) is 0 Å². The number of halogens is 1. The Bertz CT molecular complexity index is 168. The summed E-state index contributed by atoms with van der Waals surface area (Å²) in [4.78, 5) is 2.39. The quantitative estimate of drug-likeness (QED) is 0.543. The molecular formula is C12H29ClN2O2P2S2. The maximum atomic E-state index is 5.16. The van der Waals surface area contributed by atoms with Crippen LogP contribution in [0, 0.1) is 0 Å². The lowest BCUT2D eigenvalue weighted by molar-refractivity contribution is 0.0405. The normalized spacial score (nSPS) is 17.1. The molecule has 0 radical (unpaired) electrons. The molecule has 0 unspecified atom stereocenters. The van der Waals surface area contributed by atoms with E-state index in [1.165, 1.54) is 6.54 Å². The molecule has 2 fully saturated rings. The maximum absolute atomic E-state index is 5.16. The van der Waals surface area contributed by atoms with E-state index in [1.54, 1.807) is 0 Å². The number of rotatable bonds is 1. The monoisotopic (exact) mass is 394 g/mol. The van der Waals surface area contributed by atoms with Crippen LogP contribution < -0.4 is 5.32 Å². The van der Waals surface area contributed by atoms with Gasteiger partial charge in [0.1, 0.15) is 0 Å². The summed E-state index contributed by atoms with van der Waals surface area (Å²) in [6.07, 6.45) is 0. The average Bonchev–Trinajstić information content (AvgIpc) is 2.62. The number of nitrogens with zero attached hydrogens (tertiary/aromatic N) is 1. The summed E-state index contributed by atoms with van der Waals surface area (Å²) in [5.41, 5.74) is 0. The van der Waals surface area contributed by atoms with Crippen LogP contribution in [0.3, 0.4) is 0 Å². The van der Waals surface area contributed by atoms with E-state index in [-0.39, 0.29) is 0 Å². The van der Waals surface area contributed by atoms with Crippen LogP contribution in [0.2, 0.25) is 0 Å². The van der Waals surface area contributed by atoms with Crippen LogP contribution in [0.1, 0.15) is 13.8 Å². The summed E-state index contributed by atoms with van der Waals surface area (Å²) < 4.78 is 10.2. The van der Waals surface area contributed by atoms with E-state index in [1.807, 2.05) is 6.92 Å². The molecular weight excluding hydrogens is 366 g/mol. The third-order valence-corrected chi connectivity index (χ3v) is 2.40. The lowest BCUT2D eigenvalue weighted by atomic mass is 10.4. The molecule has 0 saturated carbocycles. The largest absolute Gasteiger partial charge is 0.379 e. The second-order valence-electron chi connectivity index (χ2n) is 3.68. The number of likely N-dealkylation sites (N-methyl/N-ethyl adjacent to an activating group) is 1. The molecule has 2 saturated heterocycles. The van der Waals surface area contributed by atoms with Crippen molar-refractivity contribution in [2.24, 2.45) is 0 Å². The second kappa shape index (κ2) is 29.2. The fourth-order valence-electron chi connectivity index (χ4n) is 1.43. The number of alkyl halides is 1. The molecule has 0 aliphatic carbocycles. The lowest BCUT2D eigenvalue weighted by Gasteiger charge is -2.24. The zero-order valence-corrected chi connectivity index (χ0v) is 17.4. The molecule has 0 spiro atoms. The molecule has 0 aromatic rings. The molecule has 2 heterocycles. The van der Waals surface area contributed by atoms with Crippen LogP contribution >= 0.6 is 27.6 Å². The van der Waals surface area contributed by atoms with Gasteiger partial charge in [-0.3, -0.25) is 4.90 Å². The van der Waals surface area contributed by atoms with Gasteiger partial charge in [0.15, 0.2) is 0 Å². The number of nitrogens with one attached hydrogen (secondary N) is 1. The Labute approximate surface area is 149 Å². The van der Waals surface area contributed by atoms with E-state index in [0.29, 0.717) is 0 Å². The Balaban J connectivity index is -0.000000222. The van der Waals surface area contributed by atoms with Gasteiger partial charge in [0.25, 0.3) is 0 Å². The molecule has 0 aromatic heterocycles. The van der Waals surface area contributed by atoms with E-state index >= 15 is 0 Å². The van der Waals surface area contributed by atoms with Gasteiger partial charge in [-0.15, -0.1) is 11.6 Å². The molecule has 4 nitrogen and oxygen atoms in total. The summed E-state index contributed by atoms with van der Waals surface area (Å²) in [5.74, 6) is 0.722. The standard InChI is InChI=1S/C6H13NO.C4H9NO.C2H5Cl.2HPS/c1-2-7-3-5-8-6-4-7;1-3-6-4-2-5-1;1-2-3;2*1-2/h2-6H2,1H3;5H,1-4H2;2H2,1H3;2*1H. The highest BCUT2D eigenvalue weighted by atomic mass is 35.5. The third-order valence-electron chi connectivity index (χ3n) is 2.40. The zero-order chi connectivity index (χ0) is 16.8. The first kappa shape index (κ1) is 27.0. The van der Waals surface area contributed by atoms with Crippen LogP contribution in [0.15, 0.2) is 0 Å². The van der Waals surface area contributed by atoms with Gasteiger partial charge in [-0.1, -0.05) is 37.5 Å². The SMILES string of the molecule is C1COCCN1.CCCl.CCN1CCOCC1.P=S.P=S. The molecule has 2 rings (SSSR count). The Morgan fingerprint density at radius 1 is 0.952 bits per heavy atom. The fraction of sp³-hybridized carbons (Fsp3) is 1.00. The average molecular weight is 395 g/mol. The van der Waals surface area contributed by atoms with Gasteiger partial charge >= 0.3 is 0 Å². The van der Waals surface area contributed by atoms with Crippen molar-refractivity contribution in [1.29, 1.82) is 0 Å². The molecule has 0 bridgehead atoms. The summed E-state index contributed by atoms with van der Waals surface area (Å²) in [5, 5.41) is 3.16. The van der Waals surface area contributed by atoms with Gasteiger partial charge in [0, 0.05) is 32.1 Å². The van der Waals surface area contributed by atoms with Crippen molar-refractivity contribution in [2.75, 3.05) is 65.0 Å². The van der Waals surface area contributed by atoms with Crippen molar-refractivity contribution < 1.29 is 9.47 Å². The predicted octanol–water partition coefficient (Wildman–Crippen LogP) is 2.37. The molecule has 128 valence electrons. The minimum Gasteiger partial charge on any atom is -0.379 e. The van der Waals surface area contributed by atoms with Crippen LogP contribution in [0.4, 0.5) is 0 Å². The minimum atomic E-state index is 0.722. The van der Waals surface area contributed by atoms with Crippen molar-refractivity contribution in [3.8, 4) is 0 Å². The van der Waals surface area contributed by atoms with Crippen LogP contribution in [0.25, 0.3) is 0 Å². The number of ether oxygens (including phenoxy) is 2. The van der Waals surface area contributed by atoms with Gasteiger partial charge in [-0.2, -0.15) is 0 Å². The Morgan fingerprint density at radius 3 is 1.52 bits per heavy atom. The highest BCUT2D eigenvalue weighted by Gasteiger charge is 2.05. The molecule has 0 aromatic carbocycles. The van der Waals surface area contributed by atoms with Crippen molar-refractivity contribution in [2.45, 2.75) is 13.8 Å². The molecule has 0 amide bonds. The van der Waals surface area contributed by atoms with Gasteiger partial charge in [-0.05, 0) is 22.6 Å². The van der Waals surface area contributed by atoms with Crippen molar-refractivity contribution in [1.82, 2.24) is 10.2 Å². The second-order valence-corrected chi connectivity index (χ2v) is 4.21. The minimum absolute atomic E-state index is 0.722. The molecule has 0 atom stereocenters. The van der Waals surface area contributed by atoms with E-state index in [2.05, 4.69) is 56.8 Å². The first-order chi connectivity index (χ1) is 10.3. The molecule has 1 N–H and O–H groups in total. The van der Waals surface area contributed by atoms with Gasteiger partial charge in [-0.25, -0.2) is 0 Å². The number of morpholine rings is 2. The summed E-state index contributed by atoms with van der Waals surface area (Å²) in [6, 6.07) is 0. The Kier molecular flexibility index (Phi) is 37.6. The summed E-state index contributed by atoms with van der Waals surface area (Å²) >= 11 is 12.8. The van der Waals surface area contributed by atoms with E-state index in [4.69, 9.17) is 21.1 Å². The van der Waals surface area contributed by atoms with Gasteiger partial charge < -0.3 is 14.8 Å². The van der Waals surface area contributed by atoms with E-state index in [9.17, 15) is 0 Å². The number of hydrogen-bond donors (Lipinski definition) is 1. The molecule has 9 heteroatoms. The van der Waals surface area contributed by atoms with E-state index < -0.39 is 0 Å². The Hall–Kier alpha value is 1.17. The van der Waals surface area contributed by atoms with Crippen molar-refractivity contribution >= 4 is 51.2 Å². The highest BCUT2D eigenvalue weighted by Crippen LogP contribution is 1.93. The molecule has 21 heavy (non-hydrogen) atoms. The van der Waals surface area contributed by atoms with Gasteiger partial charge in [0.2, 0.25) is 0 Å². The highest BCUT2D eigenvalue weighted by molar-refractivity contribution is 7.89. The number of hydrogen-bond acceptors (Lipinski definition) is 6. The Morgan fingerprint density at radius 2 is 1.33 bits per heavy atom. The van der Waals surface area contributed by atoms with Crippen LogP contribution in [0.5, 0.6) is 0 Å². The first-order valence-electron chi connectivity index (χ1n) is 6.90. The zero-order valence-electron chi connectivity index (χ0n) is 13.0. The summed E-state index contributed by atoms with van der Waals surface area (Å²) in [6.45, 7) is 13.2. The van der Waals surface area contributed by atoms with Crippen LogP contribution in [-0.2, 0) is 33.1 Å². The first-order valence-corrected chi connectivity index (χ1v) is 10.7. The van der Waals surface area contributed by atoms with Crippen molar-refractivity contribution in [3.05, 3.63) is 0 Å². The lowest BCUT2D eigenvalue weighted by Crippen LogP contribution is -2.35. The van der Waals surface area contributed by atoms with E-state index in [0.717, 1.165) is 58.5 Å². The smallest absolute Gasteiger partial charge is 0.0594 e. The van der Waals surface area contributed by atoms with Gasteiger partial charge in [0.05, 0.1) is 26.4 Å². The summed E-state index contributed by atoms with van der Waals surface area (Å²) in [7, 11) is 5.11. The topological polar surface area (TPSA) is 33.7 Å².